The van der Waals surface area contributed by atoms with Crippen LogP contribution in [-0.2, 0) is 6.42 Å². The maximum Gasteiger partial charge on any atom is 0.410 e. The van der Waals surface area contributed by atoms with Gasteiger partial charge in [-0.25, -0.2) is 4.68 Å². The van der Waals surface area contributed by atoms with E-state index in [1.54, 1.807) is 6.92 Å². The molecule has 0 spiro atoms. The Morgan fingerprint density at radius 2 is 2.07 bits per heavy atom. The van der Waals surface area contributed by atoms with Gasteiger partial charge in [-0.2, -0.15) is 18.3 Å². The van der Waals surface area contributed by atoms with Crippen molar-refractivity contribution in [1.29, 1.82) is 0 Å². The van der Waals surface area contributed by atoms with Gasteiger partial charge in [0.25, 0.3) is 5.91 Å². The molecule has 0 aliphatic carbocycles. The molecule has 2 aromatic rings. The maximum atomic E-state index is 13.3. The number of hydrazine groups is 1. The zero-order valence-electron chi connectivity index (χ0n) is 15.8. The summed E-state index contributed by atoms with van der Waals surface area (Å²) in [5.74, 6) is -0.623. The highest BCUT2D eigenvalue weighted by Gasteiger charge is 2.46. The summed E-state index contributed by atoms with van der Waals surface area (Å²) in [6, 6.07) is 5.33. The number of anilines is 2. The zero-order chi connectivity index (χ0) is 21.2. The first-order chi connectivity index (χ1) is 13.7. The number of hydrogen-bond donors (Lipinski definition) is 4. The quantitative estimate of drug-likeness (QED) is 0.445. The molecule has 1 aromatic heterocycles. The maximum absolute atomic E-state index is 13.3. The van der Waals surface area contributed by atoms with Crippen molar-refractivity contribution in [2.75, 3.05) is 10.6 Å². The molecular formula is C18H21F3N6OS. The molecule has 156 valence electrons. The number of rotatable bonds is 3. The fourth-order valence-corrected chi connectivity index (χ4v) is 3.35. The molecule has 0 radical (unpaired) electrons. The summed E-state index contributed by atoms with van der Waals surface area (Å²) >= 11 is 5.18. The van der Waals surface area contributed by atoms with Crippen molar-refractivity contribution in [2.24, 2.45) is 0 Å². The van der Waals surface area contributed by atoms with Crippen LogP contribution < -0.4 is 21.5 Å². The van der Waals surface area contributed by atoms with E-state index < -0.39 is 24.2 Å². The second kappa shape index (κ2) is 8.27. The van der Waals surface area contributed by atoms with Gasteiger partial charge < -0.3 is 10.6 Å². The number of nitrogens with zero attached hydrogens (tertiary/aromatic N) is 2. The van der Waals surface area contributed by atoms with Gasteiger partial charge in [0.1, 0.15) is 11.4 Å². The monoisotopic (exact) mass is 426 g/mol. The highest BCUT2D eigenvalue weighted by Crippen LogP contribution is 2.39. The Kier molecular flexibility index (Phi) is 5.96. The van der Waals surface area contributed by atoms with Crippen LogP contribution in [0.3, 0.4) is 0 Å². The van der Waals surface area contributed by atoms with Crippen molar-refractivity contribution >= 4 is 34.7 Å². The summed E-state index contributed by atoms with van der Waals surface area (Å²) in [6.07, 6.45) is -2.71. The van der Waals surface area contributed by atoms with Gasteiger partial charge >= 0.3 is 6.18 Å². The summed E-state index contributed by atoms with van der Waals surface area (Å²) in [4.78, 5) is 12.5. The Bertz CT molecular complexity index is 913. The van der Waals surface area contributed by atoms with Gasteiger partial charge in [0.2, 0.25) is 0 Å². The van der Waals surface area contributed by atoms with E-state index in [4.69, 9.17) is 12.2 Å². The number of amides is 1. The zero-order valence-corrected chi connectivity index (χ0v) is 16.6. The van der Waals surface area contributed by atoms with Crippen molar-refractivity contribution < 1.29 is 18.0 Å². The molecule has 7 nitrogen and oxygen atoms in total. The number of aryl methyl sites for hydroxylation is 1. The Labute approximate surface area is 171 Å². The third-order valence-electron chi connectivity index (χ3n) is 4.61. The predicted octanol–water partition coefficient (Wildman–Crippen LogP) is 3.38. The van der Waals surface area contributed by atoms with Gasteiger partial charge in [-0.05, 0) is 43.6 Å². The molecule has 0 bridgehead atoms. The van der Waals surface area contributed by atoms with Crippen LogP contribution in [0.25, 0.3) is 0 Å². The van der Waals surface area contributed by atoms with E-state index in [2.05, 4.69) is 26.6 Å². The van der Waals surface area contributed by atoms with Gasteiger partial charge in [0.05, 0.1) is 6.20 Å². The van der Waals surface area contributed by atoms with Crippen molar-refractivity contribution in [3.05, 3.63) is 41.6 Å². The minimum absolute atomic E-state index is 0.00458. The number of carbonyl (C=O) groups excluding carboxylic acids is 1. The van der Waals surface area contributed by atoms with Crippen LogP contribution in [0.5, 0.6) is 0 Å². The minimum Gasteiger partial charge on any atom is -0.367 e. The number of hydrogen-bond acceptors (Lipinski definition) is 4. The number of benzene rings is 1. The molecule has 2 heterocycles. The molecule has 4 N–H and O–H groups in total. The summed E-state index contributed by atoms with van der Waals surface area (Å²) in [5.41, 5.74) is 6.80. The third-order valence-corrected chi connectivity index (χ3v) is 4.81. The fraction of sp³-hybridized carbons (Fsp3) is 0.389. The summed E-state index contributed by atoms with van der Waals surface area (Å²) in [7, 11) is 0. The molecule has 11 heteroatoms. The first kappa shape index (κ1) is 20.9. The third kappa shape index (κ3) is 4.61. The molecule has 0 unspecified atom stereocenters. The van der Waals surface area contributed by atoms with E-state index in [1.807, 2.05) is 31.2 Å². The first-order valence-electron chi connectivity index (χ1n) is 9.06. The van der Waals surface area contributed by atoms with Crippen LogP contribution in [0, 0.1) is 0 Å². The van der Waals surface area contributed by atoms with Gasteiger partial charge in [0, 0.05) is 11.7 Å². The number of aromatic nitrogens is 2. The largest absolute Gasteiger partial charge is 0.410 e. The van der Waals surface area contributed by atoms with Crippen LogP contribution in [0.4, 0.5) is 24.7 Å². The molecule has 29 heavy (non-hydrogen) atoms. The standard InChI is InChI=1S/C18H21F3N6OS/c1-3-11-6-4-5-7-13(11)24-17(29)26-25-16(28)12-9-22-27-14(18(19,20)21)8-10(2)23-15(12)27/h4-7,9-10,14,23H,3,8H2,1-2H3,(H,25,28)(H2,24,26,29)/t10-,14-/m0/s1. The molecule has 0 saturated carbocycles. The SMILES string of the molecule is CCc1ccccc1NC(=S)NNC(=O)c1cnn2c1N[C@@H](C)C[C@H]2C(F)(F)F. The number of halogens is 3. The number of fused-ring (bicyclic) bond motifs is 1. The molecular weight excluding hydrogens is 405 g/mol. The second-order valence-electron chi connectivity index (χ2n) is 6.73. The van der Waals surface area contributed by atoms with Crippen molar-refractivity contribution in [3.8, 4) is 0 Å². The number of para-hydroxylation sites is 1. The summed E-state index contributed by atoms with van der Waals surface area (Å²) in [5, 5.41) is 9.80. The van der Waals surface area contributed by atoms with Crippen LogP contribution in [-0.4, -0.2) is 33.0 Å². The van der Waals surface area contributed by atoms with Gasteiger partial charge in [-0.15, -0.1) is 0 Å². The van der Waals surface area contributed by atoms with Crippen molar-refractivity contribution in [2.45, 2.75) is 44.9 Å². The molecule has 1 amide bonds. The Balaban J connectivity index is 1.68. The predicted molar refractivity (Wildman–Crippen MR) is 108 cm³/mol. The van der Waals surface area contributed by atoms with E-state index in [0.29, 0.717) is 0 Å². The van der Waals surface area contributed by atoms with Gasteiger partial charge in [0.15, 0.2) is 11.2 Å². The molecule has 1 aromatic carbocycles. The number of alkyl halides is 3. The summed E-state index contributed by atoms with van der Waals surface area (Å²) in [6.45, 7) is 3.63. The van der Waals surface area contributed by atoms with Crippen LogP contribution >= 0.6 is 12.2 Å². The number of thiocarbonyl (C=S) groups is 1. The van der Waals surface area contributed by atoms with E-state index in [-0.39, 0.29) is 22.9 Å². The highest BCUT2D eigenvalue weighted by atomic mass is 32.1. The smallest absolute Gasteiger partial charge is 0.367 e. The number of nitrogens with one attached hydrogen (secondary N) is 4. The molecule has 1 aliphatic rings. The van der Waals surface area contributed by atoms with E-state index in [1.165, 1.54) is 0 Å². The first-order valence-corrected chi connectivity index (χ1v) is 9.47. The molecule has 2 atom stereocenters. The Morgan fingerprint density at radius 1 is 1.34 bits per heavy atom. The van der Waals surface area contributed by atoms with Gasteiger partial charge in [-0.3, -0.25) is 15.6 Å². The molecule has 3 rings (SSSR count). The summed E-state index contributed by atoms with van der Waals surface area (Å²) < 4.78 is 40.7. The van der Waals surface area contributed by atoms with Crippen LogP contribution in [0.2, 0.25) is 0 Å². The topological polar surface area (TPSA) is 83.0 Å². The van der Waals surface area contributed by atoms with Crippen LogP contribution in [0.15, 0.2) is 30.5 Å². The molecule has 1 aliphatic heterocycles. The Morgan fingerprint density at radius 3 is 2.76 bits per heavy atom. The van der Waals surface area contributed by atoms with E-state index in [9.17, 15) is 18.0 Å². The lowest BCUT2D eigenvalue weighted by Gasteiger charge is -2.31. The molecule has 0 saturated heterocycles. The highest BCUT2D eigenvalue weighted by molar-refractivity contribution is 7.80. The average molecular weight is 426 g/mol. The van der Waals surface area contributed by atoms with Crippen molar-refractivity contribution in [1.82, 2.24) is 20.6 Å². The number of carbonyl (C=O) groups is 1. The lowest BCUT2D eigenvalue weighted by Crippen LogP contribution is -2.44. The normalized spacial score (nSPS) is 18.4. The average Bonchev–Trinajstić information content (AvgIpc) is 3.08. The van der Waals surface area contributed by atoms with Gasteiger partial charge in [-0.1, -0.05) is 25.1 Å². The van der Waals surface area contributed by atoms with Crippen molar-refractivity contribution in [3.63, 3.8) is 0 Å². The van der Waals surface area contributed by atoms with E-state index in [0.717, 1.165) is 28.6 Å². The Hall–Kier alpha value is -2.82. The lowest BCUT2D eigenvalue weighted by molar-refractivity contribution is -0.173. The lowest BCUT2D eigenvalue weighted by atomic mass is 10.1. The minimum atomic E-state index is -4.46. The van der Waals surface area contributed by atoms with E-state index >= 15 is 0 Å². The fourth-order valence-electron chi connectivity index (χ4n) is 3.19. The second-order valence-corrected chi connectivity index (χ2v) is 7.14. The molecule has 0 fully saturated rings. The van der Waals surface area contributed by atoms with Crippen LogP contribution in [0.1, 0.15) is 42.2 Å².